The Kier molecular flexibility index (Phi) is 3.69. The summed E-state index contributed by atoms with van der Waals surface area (Å²) in [6.07, 6.45) is 0. The summed E-state index contributed by atoms with van der Waals surface area (Å²) in [6, 6.07) is 25.0. The van der Waals surface area contributed by atoms with Gasteiger partial charge >= 0.3 is 0 Å². The van der Waals surface area contributed by atoms with Crippen LogP contribution in [0.5, 0.6) is 0 Å². The first-order valence-corrected chi connectivity index (χ1v) is 8.58. The third-order valence-electron chi connectivity index (χ3n) is 4.47. The summed E-state index contributed by atoms with van der Waals surface area (Å²) in [4.78, 5) is 4.67. The van der Waals surface area contributed by atoms with Crippen LogP contribution in [0.15, 0.2) is 77.2 Å². The molecule has 0 unspecified atom stereocenters. The minimum Gasteiger partial charge on any atom is -0.436 e. The highest BCUT2D eigenvalue weighted by molar-refractivity contribution is 5.78. The molecule has 0 aliphatic carbocycles. The molecule has 0 atom stereocenters. The van der Waals surface area contributed by atoms with Gasteiger partial charge in [-0.15, -0.1) is 0 Å². The number of aromatic nitrogens is 1. The third-order valence-corrected chi connectivity index (χ3v) is 4.47. The SMILES string of the molecule is CC(C)(C)c1ccc2nc(-c3cccc(-c4ccccc4)c3)oc2c1. The van der Waals surface area contributed by atoms with Gasteiger partial charge in [-0.2, -0.15) is 0 Å². The van der Waals surface area contributed by atoms with Crippen LogP contribution in [-0.4, -0.2) is 4.98 Å². The van der Waals surface area contributed by atoms with E-state index in [4.69, 9.17) is 4.42 Å². The predicted octanol–water partition coefficient (Wildman–Crippen LogP) is 6.46. The van der Waals surface area contributed by atoms with Crippen molar-refractivity contribution < 1.29 is 4.42 Å². The molecule has 0 amide bonds. The number of hydrogen-bond donors (Lipinski definition) is 0. The number of rotatable bonds is 2. The van der Waals surface area contributed by atoms with Crippen molar-refractivity contribution in [1.29, 1.82) is 0 Å². The second kappa shape index (κ2) is 5.89. The van der Waals surface area contributed by atoms with E-state index in [1.807, 2.05) is 24.3 Å². The average molecular weight is 327 g/mol. The summed E-state index contributed by atoms with van der Waals surface area (Å²) in [6.45, 7) is 6.61. The smallest absolute Gasteiger partial charge is 0.227 e. The van der Waals surface area contributed by atoms with Crippen molar-refractivity contribution in [2.45, 2.75) is 26.2 Å². The van der Waals surface area contributed by atoms with E-state index in [0.717, 1.165) is 22.2 Å². The maximum absolute atomic E-state index is 6.07. The quantitative estimate of drug-likeness (QED) is 0.422. The summed E-state index contributed by atoms with van der Waals surface area (Å²) < 4.78 is 6.07. The van der Waals surface area contributed by atoms with Gasteiger partial charge in [0.25, 0.3) is 0 Å². The van der Waals surface area contributed by atoms with Crippen molar-refractivity contribution in [1.82, 2.24) is 4.98 Å². The van der Waals surface area contributed by atoms with Crippen molar-refractivity contribution in [3.05, 3.63) is 78.4 Å². The first kappa shape index (κ1) is 15.6. The molecule has 1 heterocycles. The van der Waals surface area contributed by atoms with Gasteiger partial charge in [-0.1, -0.05) is 69.3 Å². The lowest BCUT2D eigenvalue weighted by Gasteiger charge is -2.18. The van der Waals surface area contributed by atoms with Crippen molar-refractivity contribution >= 4 is 11.1 Å². The minimum atomic E-state index is 0.0916. The topological polar surface area (TPSA) is 26.0 Å². The minimum absolute atomic E-state index is 0.0916. The zero-order valence-corrected chi connectivity index (χ0v) is 14.8. The molecule has 1 aromatic heterocycles. The lowest BCUT2D eigenvalue weighted by atomic mass is 9.87. The molecule has 0 aliphatic heterocycles. The van der Waals surface area contributed by atoms with Crippen LogP contribution in [0, 0.1) is 0 Å². The molecule has 0 spiro atoms. The summed E-state index contributed by atoms with van der Waals surface area (Å²) in [5, 5.41) is 0. The molecule has 2 heteroatoms. The standard InChI is InChI=1S/C23H21NO/c1-23(2,3)19-12-13-20-21(15-19)25-22(24-20)18-11-7-10-17(14-18)16-8-5-4-6-9-16/h4-15H,1-3H3. The Morgan fingerprint density at radius 3 is 2.20 bits per heavy atom. The summed E-state index contributed by atoms with van der Waals surface area (Å²) in [5.41, 5.74) is 6.43. The van der Waals surface area contributed by atoms with E-state index in [-0.39, 0.29) is 5.41 Å². The second-order valence-electron chi connectivity index (χ2n) is 7.40. The van der Waals surface area contributed by atoms with Crippen LogP contribution in [0.25, 0.3) is 33.7 Å². The highest BCUT2D eigenvalue weighted by Crippen LogP contribution is 2.31. The van der Waals surface area contributed by atoms with E-state index in [2.05, 4.69) is 74.3 Å². The monoisotopic (exact) mass is 327 g/mol. The normalized spacial score (nSPS) is 11.8. The predicted molar refractivity (Wildman–Crippen MR) is 104 cm³/mol. The Bertz CT molecular complexity index is 1020. The van der Waals surface area contributed by atoms with Gasteiger partial charge < -0.3 is 4.42 Å². The summed E-state index contributed by atoms with van der Waals surface area (Å²) in [5.74, 6) is 0.666. The van der Waals surface area contributed by atoms with Crippen molar-refractivity contribution in [2.75, 3.05) is 0 Å². The summed E-state index contributed by atoms with van der Waals surface area (Å²) >= 11 is 0. The first-order chi connectivity index (χ1) is 12.0. The molecule has 0 fully saturated rings. The Morgan fingerprint density at radius 2 is 1.44 bits per heavy atom. The van der Waals surface area contributed by atoms with Gasteiger partial charge in [-0.25, -0.2) is 4.98 Å². The van der Waals surface area contributed by atoms with Gasteiger partial charge in [0, 0.05) is 5.56 Å². The fourth-order valence-electron chi connectivity index (χ4n) is 2.98. The molecule has 4 aromatic rings. The number of fused-ring (bicyclic) bond motifs is 1. The van der Waals surface area contributed by atoms with Crippen molar-refractivity contribution in [2.24, 2.45) is 0 Å². The van der Waals surface area contributed by atoms with E-state index < -0.39 is 0 Å². The van der Waals surface area contributed by atoms with E-state index in [9.17, 15) is 0 Å². The highest BCUT2D eigenvalue weighted by Gasteiger charge is 2.16. The van der Waals surface area contributed by atoms with Crippen LogP contribution in [0.4, 0.5) is 0 Å². The van der Waals surface area contributed by atoms with Crippen LogP contribution in [0.3, 0.4) is 0 Å². The van der Waals surface area contributed by atoms with Gasteiger partial charge in [-0.3, -0.25) is 0 Å². The van der Waals surface area contributed by atoms with Gasteiger partial charge in [0.1, 0.15) is 5.52 Å². The number of hydrogen-bond acceptors (Lipinski definition) is 2. The lowest BCUT2D eigenvalue weighted by molar-refractivity contribution is 0.584. The Labute approximate surface area is 148 Å². The molecule has 0 saturated carbocycles. The van der Waals surface area contributed by atoms with Crippen LogP contribution in [0.2, 0.25) is 0 Å². The maximum atomic E-state index is 6.07. The molecule has 3 aromatic carbocycles. The maximum Gasteiger partial charge on any atom is 0.227 e. The molecule has 0 saturated heterocycles. The zero-order valence-electron chi connectivity index (χ0n) is 14.8. The fourth-order valence-corrected chi connectivity index (χ4v) is 2.98. The number of benzene rings is 3. The fraction of sp³-hybridized carbons (Fsp3) is 0.174. The lowest BCUT2D eigenvalue weighted by Crippen LogP contribution is -2.10. The molecule has 124 valence electrons. The van der Waals surface area contributed by atoms with Gasteiger partial charge in [-0.05, 0) is 46.4 Å². The molecular formula is C23H21NO. The van der Waals surface area contributed by atoms with Crippen LogP contribution < -0.4 is 0 Å². The van der Waals surface area contributed by atoms with Crippen molar-refractivity contribution in [3.63, 3.8) is 0 Å². The van der Waals surface area contributed by atoms with Gasteiger partial charge in [0.05, 0.1) is 0 Å². The average Bonchev–Trinajstić information content (AvgIpc) is 3.05. The van der Waals surface area contributed by atoms with E-state index in [1.165, 1.54) is 11.1 Å². The second-order valence-corrected chi connectivity index (χ2v) is 7.40. The highest BCUT2D eigenvalue weighted by atomic mass is 16.3. The summed E-state index contributed by atoms with van der Waals surface area (Å²) in [7, 11) is 0. The van der Waals surface area contributed by atoms with Crippen LogP contribution in [0.1, 0.15) is 26.3 Å². The Balaban J connectivity index is 1.77. The molecule has 4 rings (SSSR count). The molecule has 2 nitrogen and oxygen atoms in total. The van der Waals surface area contributed by atoms with Gasteiger partial charge in [0.2, 0.25) is 5.89 Å². The molecule has 0 bridgehead atoms. The zero-order chi connectivity index (χ0) is 17.4. The van der Waals surface area contributed by atoms with Crippen LogP contribution in [-0.2, 0) is 5.41 Å². The van der Waals surface area contributed by atoms with E-state index in [1.54, 1.807) is 0 Å². The van der Waals surface area contributed by atoms with Crippen LogP contribution >= 0.6 is 0 Å². The Morgan fingerprint density at radius 1 is 0.720 bits per heavy atom. The largest absolute Gasteiger partial charge is 0.436 e. The molecular weight excluding hydrogens is 306 g/mol. The van der Waals surface area contributed by atoms with E-state index in [0.29, 0.717) is 5.89 Å². The van der Waals surface area contributed by atoms with Gasteiger partial charge in [0.15, 0.2) is 5.58 Å². The molecule has 0 aliphatic rings. The number of nitrogens with zero attached hydrogens (tertiary/aromatic N) is 1. The van der Waals surface area contributed by atoms with Crippen molar-refractivity contribution in [3.8, 4) is 22.6 Å². The first-order valence-electron chi connectivity index (χ1n) is 8.58. The Hall–Kier alpha value is -2.87. The molecule has 25 heavy (non-hydrogen) atoms. The van der Waals surface area contributed by atoms with E-state index >= 15 is 0 Å². The molecule has 0 N–H and O–H groups in total. The third kappa shape index (κ3) is 3.08. The number of oxazole rings is 1. The molecule has 0 radical (unpaired) electrons.